The topological polar surface area (TPSA) is 66.4 Å². The van der Waals surface area contributed by atoms with E-state index in [4.69, 9.17) is 5.11 Å². The SMILES string of the molecule is CSCC(C)NS(=O)(=O)c1cc(F)ccc1CO. The Kier molecular flexibility index (Phi) is 5.58. The molecule has 0 spiro atoms. The molecule has 0 heterocycles. The van der Waals surface area contributed by atoms with Gasteiger partial charge in [-0.25, -0.2) is 17.5 Å². The highest BCUT2D eigenvalue weighted by Crippen LogP contribution is 2.18. The summed E-state index contributed by atoms with van der Waals surface area (Å²) in [5.74, 6) is -0.0340. The molecule has 0 aromatic heterocycles. The molecule has 102 valence electrons. The van der Waals surface area contributed by atoms with E-state index in [0.717, 1.165) is 12.1 Å². The molecule has 0 fully saturated rings. The van der Waals surface area contributed by atoms with Crippen LogP contribution in [0.1, 0.15) is 12.5 Å². The van der Waals surface area contributed by atoms with E-state index in [1.165, 1.54) is 17.8 Å². The molecular formula is C11H16FNO3S2. The molecule has 0 radical (unpaired) electrons. The van der Waals surface area contributed by atoms with Crippen molar-refractivity contribution in [3.8, 4) is 0 Å². The summed E-state index contributed by atoms with van der Waals surface area (Å²) in [6.07, 6.45) is 1.87. The van der Waals surface area contributed by atoms with E-state index in [-0.39, 0.29) is 16.5 Å². The lowest BCUT2D eigenvalue weighted by Gasteiger charge is -2.15. The number of hydrogen-bond donors (Lipinski definition) is 2. The van der Waals surface area contributed by atoms with Crippen molar-refractivity contribution in [3.05, 3.63) is 29.6 Å². The summed E-state index contributed by atoms with van der Waals surface area (Å²) in [7, 11) is -3.81. The average molecular weight is 293 g/mol. The third kappa shape index (κ3) is 3.94. The molecule has 0 aliphatic heterocycles. The molecule has 1 unspecified atom stereocenters. The predicted molar refractivity (Wildman–Crippen MR) is 70.5 cm³/mol. The van der Waals surface area contributed by atoms with Crippen LogP contribution in [0.25, 0.3) is 0 Å². The van der Waals surface area contributed by atoms with Crippen molar-refractivity contribution in [2.24, 2.45) is 0 Å². The fourth-order valence-electron chi connectivity index (χ4n) is 1.52. The Bertz CT molecular complexity index is 505. The van der Waals surface area contributed by atoms with Gasteiger partial charge in [-0.05, 0) is 30.9 Å². The molecule has 1 aromatic rings. The number of aliphatic hydroxyl groups is 1. The summed E-state index contributed by atoms with van der Waals surface area (Å²) >= 11 is 1.51. The highest BCUT2D eigenvalue weighted by atomic mass is 32.2. The van der Waals surface area contributed by atoms with Gasteiger partial charge < -0.3 is 5.11 Å². The van der Waals surface area contributed by atoms with Crippen LogP contribution in [0.5, 0.6) is 0 Å². The second-order valence-electron chi connectivity index (χ2n) is 3.89. The molecule has 0 aliphatic carbocycles. The van der Waals surface area contributed by atoms with Gasteiger partial charge in [0.05, 0.1) is 11.5 Å². The van der Waals surface area contributed by atoms with Crippen molar-refractivity contribution in [3.63, 3.8) is 0 Å². The normalized spacial score (nSPS) is 13.6. The fourth-order valence-corrected chi connectivity index (χ4v) is 3.70. The van der Waals surface area contributed by atoms with Crippen LogP contribution < -0.4 is 4.72 Å². The first-order valence-electron chi connectivity index (χ1n) is 5.31. The van der Waals surface area contributed by atoms with E-state index < -0.39 is 22.4 Å². The van der Waals surface area contributed by atoms with E-state index in [9.17, 15) is 12.8 Å². The number of halogens is 1. The number of aliphatic hydroxyl groups excluding tert-OH is 1. The lowest BCUT2D eigenvalue weighted by Crippen LogP contribution is -2.34. The summed E-state index contributed by atoms with van der Waals surface area (Å²) < 4.78 is 39.7. The van der Waals surface area contributed by atoms with Gasteiger partial charge in [0.15, 0.2) is 0 Å². The second-order valence-corrected chi connectivity index (χ2v) is 6.48. The van der Waals surface area contributed by atoms with Gasteiger partial charge in [-0.3, -0.25) is 0 Å². The Labute approximate surface area is 111 Å². The monoisotopic (exact) mass is 293 g/mol. The standard InChI is InChI=1S/C11H16FNO3S2/c1-8(7-17-2)13-18(15,16)11-5-10(12)4-3-9(11)6-14/h3-5,8,13-14H,6-7H2,1-2H3. The van der Waals surface area contributed by atoms with Gasteiger partial charge in [-0.15, -0.1) is 0 Å². The molecule has 0 amide bonds. The Morgan fingerprint density at radius 2 is 2.17 bits per heavy atom. The smallest absolute Gasteiger partial charge is 0.241 e. The molecule has 1 rings (SSSR count). The molecular weight excluding hydrogens is 277 g/mol. The zero-order chi connectivity index (χ0) is 13.8. The van der Waals surface area contributed by atoms with E-state index in [0.29, 0.717) is 5.75 Å². The quantitative estimate of drug-likeness (QED) is 0.831. The van der Waals surface area contributed by atoms with E-state index in [1.54, 1.807) is 6.92 Å². The number of benzene rings is 1. The summed E-state index contributed by atoms with van der Waals surface area (Å²) in [6, 6.07) is 3.04. The first kappa shape index (κ1) is 15.4. The Morgan fingerprint density at radius 3 is 2.72 bits per heavy atom. The van der Waals surface area contributed by atoms with Crippen molar-refractivity contribution in [2.45, 2.75) is 24.5 Å². The number of hydrogen-bond acceptors (Lipinski definition) is 4. The molecule has 2 N–H and O–H groups in total. The van der Waals surface area contributed by atoms with Crippen LogP contribution in [0.4, 0.5) is 4.39 Å². The first-order chi connectivity index (χ1) is 8.40. The molecule has 0 saturated heterocycles. The highest BCUT2D eigenvalue weighted by Gasteiger charge is 2.21. The third-order valence-electron chi connectivity index (χ3n) is 2.26. The van der Waals surface area contributed by atoms with Crippen molar-refractivity contribution in [2.75, 3.05) is 12.0 Å². The first-order valence-corrected chi connectivity index (χ1v) is 8.19. The molecule has 7 heteroatoms. The average Bonchev–Trinajstić information content (AvgIpc) is 2.28. The van der Waals surface area contributed by atoms with Gasteiger partial charge in [0.1, 0.15) is 5.82 Å². The third-order valence-corrected chi connectivity index (χ3v) is 4.77. The number of rotatable bonds is 6. The van der Waals surface area contributed by atoms with Crippen LogP contribution in [0, 0.1) is 5.82 Å². The number of thioether (sulfide) groups is 1. The van der Waals surface area contributed by atoms with Crippen LogP contribution >= 0.6 is 11.8 Å². The van der Waals surface area contributed by atoms with Gasteiger partial charge in [0.25, 0.3) is 0 Å². The largest absolute Gasteiger partial charge is 0.392 e. The summed E-state index contributed by atoms with van der Waals surface area (Å²) in [5, 5.41) is 9.09. The van der Waals surface area contributed by atoms with Crippen molar-refractivity contribution in [1.29, 1.82) is 0 Å². The van der Waals surface area contributed by atoms with Crippen LogP contribution in [0.15, 0.2) is 23.1 Å². The molecule has 18 heavy (non-hydrogen) atoms. The molecule has 1 atom stereocenters. The molecule has 0 aliphatic rings. The Balaban J connectivity index is 3.07. The van der Waals surface area contributed by atoms with Crippen molar-refractivity contribution >= 4 is 21.8 Å². The minimum absolute atomic E-state index is 0.181. The van der Waals surface area contributed by atoms with E-state index in [2.05, 4.69) is 4.72 Å². The van der Waals surface area contributed by atoms with Crippen molar-refractivity contribution in [1.82, 2.24) is 4.72 Å². The maximum atomic E-state index is 13.1. The number of sulfonamides is 1. The number of nitrogens with one attached hydrogen (secondary N) is 1. The lowest BCUT2D eigenvalue weighted by molar-refractivity contribution is 0.278. The van der Waals surface area contributed by atoms with Gasteiger partial charge in [-0.2, -0.15) is 11.8 Å². The summed E-state index contributed by atoms with van der Waals surface area (Å²) in [5.41, 5.74) is 0.181. The summed E-state index contributed by atoms with van der Waals surface area (Å²) in [6.45, 7) is 1.28. The lowest BCUT2D eigenvalue weighted by atomic mass is 10.2. The Morgan fingerprint density at radius 1 is 1.50 bits per heavy atom. The zero-order valence-electron chi connectivity index (χ0n) is 10.2. The second kappa shape index (κ2) is 6.51. The van der Waals surface area contributed by atoms with Crippen LogP contribution in [0.3, 0.4) is 0 Å². The highest BCUT2D eigenvalue weighted by molar-refractivity contribution is 7.98. The maximum Gasteiger partial charge on any atom is 0.241 e. The van der Waals surface area contributed by atoms with E-state index in [1.807, 2.05) is 6.26 Å². The molecule has 0 saturated carbocycles. The summed E-state index contributed by atoms with van der Waals surface area (Å²) in [4.78, 5) is -0.210. The minimum Gasteiger partial charge on any atom is -0.392 e. The minimum atomic E-state index is -3.81. The Hall–Kier alpha value is -0.630. The van der Waals surface area contributed by atoms with Gasteiger partial charge in [-0.1, -0.05) is 6.07 Å². The molecule has 4 nitrogen and oxygen atoms in total. The maximum absolute atomic E-state index is 13.1. The van der Waals surface area contributed by atoms with Gasteiger partial charge in [0, 0.05) is 11.8 Å². The van der Waals surface area contributed by atoms with Gasteiger partial charge >= 0.3 is 0 Å². The van der Waals surface area contributed by atoms with Crippen LogP contribution in [0.2, 0.25) is 0 Å². The van der Waals surface area contributed by atoms with Crippen molar-refractivity contribution < 1.29 is 17.9 Å². The fraction of sp³-hybridized carbons (Fsp3) is 0.455. The van der Waals surface area contributed by atoms with Crippen LogP contribution in [-0.2, 0) is 16.6 Å². The molecule has 1 aromatic carbocycles. The zero-order valence-corrected chi connectivity index (χ0v) is 11.8. The van der Waals surface area contributed by atoms with Gasteiger partial charge in [0.2, 0.25) is 10.0 Å². The van der Waals surface area contributed by atoms with Crippen LogP contribution in [-0.4, -0.2) is 31.6 Å². The molecule has 0 bridgehead atoms. The predicted octanol–water partition coefficient (Wildman–Crippen LogP) is 1.35. The van der Waals surface area contributed by atoms with E-state index >= 15 is 0 Å².